The molecule has 9 heteroatoms. The number of carbonyl (C=O) groups excluding carboxylic acids is 3. The minimum Gasteiger partial charge on any atom is -0.489 e. The summed E-state index contributed by atoms with van der Waals surface area (Å²) in [4.78, 5) is 43.2. The van der Waals surface area contributed by atoms with E-state index in [1.807, 2.05) is 24.3 Å². The molecule has 0 aliphatic heterocycles. The first-order chi connectivity index (χ1) is 20.3. The Bertz CT molecular complexity index is 1410. The van der Waals surface area contributed by atoms with Crippen LogP contribution in [0.5, 0.6) is 5.75 Å². The van der Waals surface area contributed by atoms with E-state index in [4.69, 9.17) is 20.6 Å². The zero-order valence-electron chi connectivity index (χ0n) is 23.7. The summed E-state index contributed by atoms with van der Waals surface area (Å²) in [7, 11) is 0. The molecule has 1 saturated carbocycles. The number of amides is 1. The lowest BCUT2D eigenvalue weighted by Gasteiger charge is -2.28. The fraction of sp³-hybridized carbons (Fsp3) is 0.333. The van der Waals surface area contributed by atoms with E-state index in [1.54, 1.807) is 48.5 Å². The van der Waals surface area contributed by atoms with Gasteiger partial charge < -0.3 is 20.6 Å². The van der Waals surface area contributed by atoms with Gasteiger partial charge in [-0.2, -0.15) is 5.26 Å². The quantitative estimate of drug-likeness (QED) is 0.211. The van der Waals surface area contributed by atoms with Gasteiger partial charge in [0.1, 0.15) is 18.4 Å². The van der Waals surface area contributed by atoms with Gasteiger partial charge >= 0.3 is 5.97 Å². The molecule has 3 aromatic carbocycles. The number of nitrogens with one attached hydrogen (secondary N) is 2. The molecule has 42 heavy (non-hydrogen) atoms. The Morgan fingerprint density at radius 2 is 1.69 bits per heavy atom. The average Bonchev–Trinajstić information content (AvgIpc) is 3.03. The van der Waals surface area contributed by atoms with Crippen LogP contribution < -0.4 is 21.3 Å². The zero-order chi connectivity index (χ0) is 29.9. The van der Waals surface area contributed by atoms with Crippen LogP contribution in [0, 0.1) is 23.2 Å². The molecule has 0 aromatic heterocycles. The van der Waals surface area contributed by atoms with Gasteiger partial charge in [-0.15, -0.1) is 0 Å². The van der Waals surface area contributed by atoms with Crippen molar-refractivity contribution in [2.75, 3.05) is 12.0 Å². The molecule has 4 rings (SSSR count). The van der Waals surface area contributed by atoms with Crippen molar-refractivity contribution in [3.8, 4) is 11.8 Å². The molecule has 1 aliphatic rings. The smallest absolute Gasteiger partial charge is 0.354 e. The highest BCUT2D eigenvalue weighted by Crippen LogP contribution is 2.28. The predicted molar refractivity (Wildman–Crippen MR) is 158 cm³/mol. The maximum absolute atomic E-state index is 13.2. The molecule has 0 saturated heterocycles. The van der Waals surface area contributed by atoms with E-state index in [-0.39, 0.29) is 24.0 Å². The van der Waals surface area contributed by atoms with Crippen molar-refractivity contribution in [1.29, 1.82) is 5.26 Å². The summed E-state index contributed by atoms with van der Waals surface area (Å²) in [6, 6.07) is 22.3. The number of ether oxygens (including phenoxy) is 1. The molecule has 0 heterocycles. The third-order valence-electron chi connectivity index (χ3n) is 7.54. The number of ketones is 1. The van der Waals surface area contributed by atoms with Crippen molar-refractivity contribution in [1.82, 2.24) is 5.32 Å². The molecule has 1 aliphatic carbocycles. The Balaban J connectivity index is 1.40. The highest BCUT2D eigenvalue weighted by atomic mass is 16.7. The van der Waals surface area contributed by atoms with E-state index in [2.05, 4.69) is 16.9 Å². The standard InChI is InChI=1S/C33H36N4O5/c1-22(38)27-11-13-29(14-12-27)37-42-33(40)31(36-32(39)28-9-5-24(19-34)6-10-28)18-23-7-15-30(16-8-23)41-21-26-4-2-3-25(17-26)20-35/h2-4,7-8,11-17,24,28,31,37H,5-6,9-10,18-19,21,34H2,1H3,(H,36,39)/t24?,28?,31-/m0/s1. The summed E-state index contributed by atoms with van der Waals surface area (Å²) in [5.41, 5.74) is 11.7. The molecular formula is C33H36N4O5. The van der Waals surface area contributed by atoms with Crippen LogP contribution in [0.2, 0.25) is 0 Å². The van der Waals surface area contributed by atoms with Gasteiger partial charge in [0.15, 0.2) is 5.78 Å². The Hall–Kier alpha value is -4.68. The lowest BCUT2D eigenvalue weighted by Crippen LogP contribution is -2.47. The molecule has 4 N–H and O–H groups in total. The fourth-order valence-electron chi connectivity index (χ4n) is 4.95. The van der Waals surface area contributed by atoms with Crippen molar-refractivity contribution in [2.45, 2.75) is 51.7 Å². The maximum Gasteiger partial charge on any atom is 0.354 e. The number of nitrogens with zero attached hydrogens (tertiary/aromatic N) is 1. The van der Waals surface area contributed by atoms with Gasteiger partial charge in [0.25, 0.3) is 0 Å². The topological polar surface area (TPSA) is 144 Å². The van der Waals surface area contributed by atoms with E-state index < -0.39 is 12.0 Å². The average molecular weight is 569 g/mol. The van der Waals surface area contributed by atoms with Crippen LogP contribution in [-0.4, -0.2) is 30.2 Å². The third kappa shape index (κ3) is 8.66. The van der Waals surface area contributed by atoms with Crippen molar-refractivity contribution in [2.24, 2.45) is 17.6 Å². The number of nitrogens with two attached hydrogens (primary N) is 1. The summed E-state index contributed by atoms with van der Waals surface area (Å²) < 4.78 is 5.86. The molecule has 3 aromatic rings. The van der Waals surface area contributed by atoms with Crippen LogP contribution in [-0.2, 0) is 27.5 Å². The molecule has 1 atom stereocenters. The van der Waals surface area contributed by atoms with E-state index in [1.165, 1.54) is 6.92 Å². The molecule has 218 valence electrons. The molecule has 0 unspecified atom stereocenters. The summed E-state index contributed by atoms with van der Waals surface area (Å²) in [5.74, 6) is 0.0306. The summed E-state index contributed by atoms with van der Waals surface area (Å²) in [6.07, 6.45) is 3.48. The Labute approximate surface area is 246 Å². The van der Waals surface area contributed by atoms with Crippen LogP contribution in [0.4, 0.5) is 5.69 Å². The first-order valence-corrected chi connectivity index (χ1v) is 14.1. The van der Waals surface area contributed by atoms with Gasteiger partial charge in [-0.3, -0.25) is 9.59 Å². The SMILES string of the molecule is CC(=O)c1ccc(NOC(=O)[C@H](Cc2ccc(OCc3cccc(C#N)c3)cc2)NC(=O)C2CCC(CN)CC2)cc1. The second-order valence-corrected chi connectivity index (χ2v) is 10.6. The predicted octanol–water partition coefficient (Wildman–Crippen LogP) is 4.70. The first-order valence-electron chi connectivity index (χ1n) is 14.1. The lowest BCUT2D eigenvalue weighted by molar-refractivity contribution is -0.145. The minimum atomic E-state index is -0.922. The molecule has 0 radical (unpaired) electrons. The number of anilines is 1. The van der Waals surface area contributed by atoms with Crippen molar-refractivity contribution in [3.05, 3.63) is 95.1 Å². The van der Waals surface area contributed by atoms with Crippen LogP contribution in [0.25, 0.3) is 0 Å². The summed E-state index contributed by atoms with van der Waals surface area (Å²) >= 11 is 0. The van der Waals surface area contributed by atoms with Crippen molar-refractivity contribution >= 4 is 23.3 Å². The number of nitriles is 1. The third-order valence-corrected chi connectivity index (χ3v) is 7.54. The number of hydrogen-bond acceptors (Lipinski definition) is 8. The van der Waals surface area contributed by atoms with Crippen LogP contribution in [0.3, 0.4) is 0 Å². The normalized spacial score (nSPS) is 16.9. The fourth-order valence-corrected chi connectivity index (χ4v) is 4.95. The van der Waals surface area contributed by atoms with Gasteiger partial charge in [0.05, 0.1) is 17.3 Å². The summed E-state index contributed by atoms with van der Waals surface area (Å²) in [6.45, 7) is 2.41. The Kier molecular flexibility index (Phi) is 10.7. The molecule has 1 fully saturated rings. The second-order valence-electron chi connectivity index (χ2n) is 10.6. The molecule has 1 amide bonds. The first kappa shape index (κ1) is 30.3. The van der Waals surface area contributed by atoms with Gasteiger partial charge in [-0.05, 0) is 105 Å². The molecule has 0 bridgehead atoms. The largest absolute Gasteiger partial charge is 0.489 e. The van der Waals surface area contributed by atoms with Crippen LogP contribution in [0.1, 0.15) is 59.7 Å². The van der Waals surface area contributed by atoms with E-state index >= 15 is 0 Å². The number of carbonyl (C=O) groups is 3. The number of Topliss-reactive ketones (excluding diaryl/α,β-unsaturated/α-hetero) is 1. The molecule has 0 spiro atoms. The van der Waals surface area contributed by atoms with Crippen molar-refractivity contribution in [3.63, 3.8) is 0 Å². The summed E-state index contributed by atoms with van der Waals surface area (Å²) in [5, 5.41) is 12.0. The maximum atomic E-state index is 13.2. The van der Waals surface area contributed by atoms with E-state index in [9.17, 15) is 14.4 Å². The van der Waals surface area contributed by atoms with Crippen molar-refractivity contribution < 1.29 is 24.0 Å². The highest BCUT2D eigenvalue weighted by Gasteiger charge is 2.30. The van der Waals surface area contributed by atoms with E-state index in [0.29, 0.717) is 41.6 Å². The van der Waals surface area contributed by atoms with Gasteiger partial charge in [-0.1, -0.05) is 24.3 Å². The number of rotatable bonds is 12. The van der Waals surface area contributed by atoms with Gasteiger partial charge in [0, 0.05) is 17.9 Å². The van der Waals surface area contributed by atoms with Gasteiger partial charge in [-0.25, -0.2) is 10.3 Å². The Morgan fingerprint density at radius 3 is 2.33 bits per heavy atom. The van der Waals surface area contributed by atoms with E-state index in [0.717, 1.165) is 36.8 Å². The van der Waals surface area contributed by atoms with Crippen LogP contribution >= 0.6 is 0 Å². The molecular weight excluding hydrogens is 532 g/mol. The number of benzene rings is 3. The number of hydrogen-bond donors (Lipinski definition) is 3. The van der Waals surface area contributed by atoms with Crippen LogP contribution in [0.15, 0.2) is 72.8 Å². The lowest BCUT2D eigenvalue weighted by atomic mass is 9.81. The molecule has 9 nitrogen and oxygen atoms in total. The highest BCUT2D eigenvalue weighted by molar-refractivity contribution is 5.94. The Morgan fingerprint density at radius 1 is 0.976 bits per heavy atom. The second kappa shape index (κ2) is 14.8. The van der Waals surface area contributed by atoms with Gasteiger partial charge in [0.2, 0.25) is 5.91 Å². The minimum absolute atomic E-state index is 0.0635. The zero-order valence-corrected chi connectivity index (χ0v) is 23.7. The monoisotopic (exact) mass is 568 g/mol.